The Labute approximate surface area is 197 Å². The highest BCUT2D eigenvalue weighted by Crippen LogP contribution is 2.46. The van der Waals surface area contributed by atoms with E-state index in [1.165, 1.54) is 11.0 Å². The van der Waals surface area contributed by atoms with Crippen molar-refractivity contribution in [2.45, 2.75) is 76.1 Å². The molecule has 0 aromatic heterocycles. The van der Waals surface area contributed by atoms with Crippen LogP contribution in [0.1, 0.15) is 63.4 Å². The molecule has 3 aliphatic heterocycles. The van der Waals surface area contributed by atoms with Crippen molar-refractivity contribution in [3.63, 3.8) is 0 Å². The molecule has 0 bridgehead atoms. The van der Waals surface area contributed by atoms with Crippen LogP contribution in [0.25, 0.3) is 0 Å². The van der Waals surface area contributed by atoms with Gasteiger partial charge in [0, 0.05) is 50.0 Å². The fraction of sp³-hybridized carbons (Fsp3) is 0.680. The lowest BCUT2D eigenvalue weighted by molar-refractivity contribution is -0.139. The van der Waals surface area contributed by atoms with Gasteiger partial charge in [-0.15, -0.1) is 0 Å². The van der Waals surface area contributed by atoms with E-state index < -0.39 is 17.2 Å². The number of alkyl halides is 3. The molecule has 0 radical (unpaired) electrons. The molecule has 1 atom stereocenters. The van der Waals surface area contributed by atoms with Gasteiger partial charge in [-0.2, -0.15) is 13.2 Å². The molecule has 1 aromatic rings. The second kappa shape index (κ2) is 8.73. The van der Waals surface area contributed by atoms with Crippen molar-refractivity contribution in [2.75, 3.05) is 36.0 Å². The highest BCUT2D eigenvalue weighted by atomic mass is 19.4. The number of benzene rings is 1. The molecule has 186 valence electrons. The van der Waals surface area contributed by atoms with Gasteiger partial charge in [0.15, 0.2) is 0 Å². The number of aliphatic hydroxyl groups excluding tert-OH is 1. The molecule has 6 nitrogen and oxygen atoms in total. The van der Waals surface area contributed by atoms with Gasteiger partial charge >= 0.3 is 6.18 Å². The molecule has 1 aliphatic carbocycles. The van der Waals surface area contributed by atoms with Gasteiger partial charge < -0.3 is 19.8 Å². The maximum absolute atomic E-state index is 14.1. The van der Waals surface area contributed by atoms with E-state index in [-0.39, 0.29) is 41.9 Å². The number of halogens is 3. The van der Waals surface area contributed by atoms with Crippen LogP contribution in [0.15, 0.2) is 18.2 Å². The number of aliphatic hydroxyl groups is 1. The van der Waals surface area contributed by atoms with Gasteiger partial charge in [0.2, 0.25) is 11.8 Å². The van der Waals surface area contributed by atoms with Crippen molar-refractivity contribution in [3.8, 4) is 0 Å². The lowest BCUT2D eigenvalue weighted by Gasteiger charge is -2.42. The fourth-order valence-electron chi connectivity index (χ4n) is 6.40. The van der Waals surface area contributed by atoms with Crippen LogP contribution >= 0.6 is 0 Å². The van der Waals surface area contributed by atoms with Gasteiger partial charge in [0.25, 0.3) is 0 Å². The number of amides is 2. The van der Waals surface area contributed by atoms with Gasteiger partial charge in [-0.25, -0.2) is 0 Å². The van der Waals surface area contributed by atoms with Gasteiger partial charge in [0.1, 0.15) is 0 Å². The standard InChI is InChI=1S/C25H32F3N3O3/c26-25(27,28)20-15-18(30-13-1-3-22(30)33)6-9-21(20)29-12-2-10-24(16-29)11-14-31(23(24)34)17-4-7-19(32)8-5-17/h6,9,15,17,19,32H,1-5,7-8,10-14,16H2/t17?,19?,24-/m0/s1. The summed E-state index contributed by atoms with van der Waals surface area (Å²) in [5.74, 6) is -0.0869. The Morgan fingerprint density at radius 2 is 1.74 bits per heavy atom. The molecule has 1 spiro atoms. The zero-order valence-corrected chi connectivity index (χ0v) is 19.3. The fourth-order valence-corrected chi connectivity index (χ4v) is 6.40. The largest absolute Gasteiger partial charge is 0.418 e. The van der Waals surface area contributed by atoms with Gasteiger partial charge in [0.05, 0.1) is 17.1 Å². The summed E-state index contributed by atoms with van der Waals surface area (Å²) in [5, 5.41) is 9.81. The maximum atomic E-state index is 14.1. The molecule has 9 heteroatoms. The Kier molecular flexibility index (Phi) is 6.02. The molecular weight excluding hydrogens is 447 g/mol. The van der Waals surface area contributed by atoms with Crippen molar-refractivity contribution < 1.29 is 27.9 Å². The molecule has 2 amide bonds. The number of anilines is 2. The average Bonchev–Trinajstić information content (AvgIpc) is 3.37. The van der Waals surface area contributed by atoms with E-state index >= 15 is 0 Å². The first-order chi connectivity index (χ1) is 16.2. The minimum Gasteiger partial charge on any atom is -0.393 e. The van der Waals surface area contributed by atoms with E-state index in [4.69, 9.17) is 0 Å². The highest BCUT2D eigenvalue weighted by Gasteiger charge is 2.51. The first-order valence-electron chi connectivity index (χ1n) is 12.4. The summed E-state index contributed by atoms with van der Waals surface area (Å²) in [6.45, 7) is 1.82. The molecule has 0 unspecified atom stereocenters. The van der Waals surface area contributed by atoms with Crippen molar-refractivity contribution >= 4 is 23.2 Å². The van der Waals surface area contributed by atoms with E-state index in [1.54, 1.807) is 11.0 Å². The van der Waals surface area contributed by atoms with Crippen LogP contribution in [0, 0.1) is 5.41 Å². The van der Waals surface area contributed by atoms with Crippen molar-refractivity contribution in [3.05, 3.63) is 23.8 Å². The van der Waals surface area contributed by atoms with E-state index in [9.17, 15) is 27.9 Å². The first kappa shape index (κ1) is 23.5. The highest BCUT2D eigenvalue weighted by molar-refractivity contribution is 5.95. The van der Waals surface area contributed by atoms with Crippen molar-refractivity contribution in [1.82, 2.24) is 4.90 Å². The third-order valence-electron chi connectivity index (χ3n) is 8.24. The molecular formula is C25H32F3N3O3. The molecule has 1 aromatic carbocycles. The SMILES string of the molecule is O=C1CCCN1c1ccc(N2CCC[C@]3(CCN(C4CCC(O)CC4)C3=O)C2)c(C(F)(F)F)c1. The van der Waals surface area contributed by atoms with E-state index in [1.807, 2.05) is 4.90 Å². The zero-order valence-electron chi connectivity index (χ0n) is 19.3. The summed E-state index contributed by atoms with van der Waals surface area (Å²) >= 11 is 0. The van der Waals surface area contributed by atoms with Crippen LogP contribution in [0.4, 0.5) is 24.5 Å². The van der Waals surface area contributed by atoms with Gasteiger partial charge in [-0.05, 0) is 69.6 Å². The van der Waals surface area contributed by atoms with Crippen molar-refractivity contribution in [1.29, 1.82) is 0 Å². The molecule has 4 aliphatic rings. The minimum absolute atomic E-state index is 0.0615. The number of rotatable bonds is 3. The quantitative estimate of drug-likeness (QED) is 0.713. The van der Waals surface area contributed by atoms with Crippen LogP contribution in [0.5, 0.6) is 0 Å². The summed E-state index contributed by atoms with van der Waals surface area (Å²) in [7, 11) is 0. The Morgan fingerprint density at radius 3 is 2.41 bits per heavy atom. The molecule has 1 saturated carbocycles. The zero-order chi connectivity index (χ0) is 24.1. The number of hydrogen-bond donors (Lipinski definition) is 1. The lowest BCUT2D eigenvalue weighted by Crippen LogP contribution is -2.50. The number of hydrogen-bond acceptors (Lipinski definition) is 4. The average molecular weight is 480 g/mol. The summed E-state index contributed by atoms with van der Waals surface area (Å²) in [6, 6.07) is 4.29. The maximum Gasteiger partial charge on any atom is 0.418 e. The van der Waals surface area contributed by atoms with Crippen LogP contribution in [0.3, 0.4) is 0 Å². The number of carbonyl (C=O) groups is 2. The normalized spacial score (nSPS) is 30.6. The Balaban J connectivity index is 1.39. The summed E-state index contributed by atoms with van der Waals surface area (Å²) in [4.78, 5) is 30.7. The number of likely N-dealkylation sites (tertiary alicyclic amines) is 1. The third-order valence-corrected chi connectivity index (χ3v) is 8.24. The third kappa shape index (κ3) is 4.16. The summed E-state index contributed by atoms with van der Waals surface area (Å²) < 4.78 is 42.4. The molecule has 1 N–H and O–H groups in total. The first-order valence-corrected chi connectivity index (χ1v) is 12.4. The predicted octanol–water partition coefficient (Wildman–Crippen LogP) is 3.95. The number of nitrogens with zero attached hydrogens (tertiary/aromatic N) is 3. The van der Waals surface area contributed by atoms with E-state index in [2.05, 4.69) is 0 Å². The molecule has 5 rings (SSSR count). The minimum atomic E-state index is -4.56. The number of piperidine rings is 1. The molecule has 3 heterocycles. The molecule has 4 fully saturated rings. The molecule has 3 saturated heterocycles. The van der Waals surface area contributed by atoms with Crippen LogP contribution in [0.2, 0.25) is 0 Å². The van der Waals surface area contributed by atoms with E-state index in [0.717, 1.165) is 18.9 Å². The smallest absolute Gasteiger partial charge is 0.393 e. The predicted molar refractivity (Wildman–Crippen MR) is 122 cm³/mol. The van der Waals surface area contributed by atoms with Gasteiger partial charge in [-0.3, -0.25) is 9.59 Å². The number of carbonyl (C=O) groups excluding carboxylic acids is 2. The summed E-state index contributed by atoms with van der Waals surface area (Å²) in [6.07, 6.45) is 1.09. The second-order valence-corrected chi connectivity index (χ2v) is 10.4. The van der Waals surface area contributed by atoms with Crippen LogP contribution < -0.4 is 9.80 Å². The van der Waals surface area contributed by atoms with Crippen LogP contribution in [-0.4, -0.2) is 60.1 Å². The topological polar surface area (TPSA) is 64.1 Å². The Morgan fingerprint density at radius 1 is 0.971 bits per heavy atom. The lowest BCUT2D eigenvalue weighted by atomic mass is 9.78. The Hall–Kier alpha value is -2.29. The van der Waals surface area contributed by atoms with E-state index in [0.29, 0.717) is 64.6 Å². The Bertz CT molecular complexity index is 960. The van der Waals surface area contributed by atoms with Crippen molar-refractivity contribution in [2.24, 2.45) is 5.41 Å². The monoisotopic (exact) mass is 479 g/mol. The summed E-state index contributed by atoms with van der Waals surface area (Å²) in [5.41, 5.74) is -1.02. The second-order valence-electron chi connectivity index (χ2n) is 10.4. The molecule has 34 heavy (non-hydrogen) atoms. The van der Waals surface area contributed by atoms with Crippen LogP contribution in [-0.2, 0) is 15.8 Å². The van der Waals surface area contributed by atoms with Gasteiger partial charge in [-0.1, -0.05) is 0 Å².